The number of hydrogen-bond donors (Lipinski definition) is 0. The molecular formula is C30H30O4. The van der Waals surface area contributed by atoms with Crippen LogP contribution in [-0.2, 0) is 14.3 Å². The summed E-state index contributed by atoms with van der Waals surface area (Å²) in [5.74, 6) is -0.286. The van der Waals surface area contributed by atoms with E-state index in [9.17, 15) is 14.4 Å². The zero-order valence-corrected chi connectivity index (χ0v) is 20.0. The molecule has 4 nitrogen and oxygen atoms in total. The number of ether oxygens (including phenoxy) is 1. The van der Waals surface area contributed by atoms with Crippen molar-refractivity contribution in [3.05, 3.63) is 95.6 Å². The van der Waals surface area contributed by atoms with Gasteiger partial charge in [-0.3, -0.25) is 9.59 Å². The molecule has 1 aromatic carbocycles. The second kappa shape index (κ2) is 7.63. The number of fused-ring (bicyclic) bond motifs is 5. The third-order valence-electron chi connectivity index (χ3n) is 8.90. The van der Waals surface area contributed by atoms with Crippen LogP contribution in [-0.4, -0.2) is 23.6 Å². The minimum absolute atomic E-state index is 0.0559. The van der Waals surface area contributed by atoms with Crippen LogP contribution in [0.15, 0.2) is 90.1 Å². The molecule has 0 N–H and O–H groups in total. The topological polar surface area (TPSA) is 60.4 Å². The van der Waals surface area contributed by atoms with Gasteiger partial charge in [-0.2, -0.15) is 0 Å². The zero-order valence-electron chi connectivity index (χ0n) is 20.0. The summed E-state index contributed by atoms with van der Waals surface area (Å²) in [6, 6.07) is 8.99. The van der Waals surface area contributed by atoms with Gasteiger partial charge >= 0.3 is 5.97 Å². The van der Waals surface area contributed by atoms with Crippen molar-refractivity contribution in [2.45, 2.75) is 39.7 Å². The van der Waals surface area contributed by atoms with E-state index in [0.29, 0.717) is 23.1 Å². The van der Waals surface area contributed by atoms with Crippen LogP contribution in [0.1, 0.15) is 44.0 Å². The molecule has 1 fully saturated rings. The highest BCUT2D eigenvalue weighted by atomic mass is 16.5. The third-order valence-corrected chi connectivity index (χ3v) is 8.90. The van der Waals surface area contributed by atoms with Crippen LogP contribution in [0.25, 0.3) is 0 Å². The van der Waals surface area contributed by atoms with Gasteiger partial charge in [-0.25, -0.2) is 4.79 Å². The molecule has 1 saturated carbocycles. The highest BCUT2D eigenvalue weighted by molar-refractivity contribution is 6.09. The van der Waals surface area contributed by atoms with Crippen molar-refractivity contribution in [3.63, 3.8) is 0 Å². The van der Waals surface area contributed by atoms with Crippen molar-refractivity contribution in [2.24, 2.45) is 28.6 Å². The second-order valence-electron chi connectivity index (χ2n) is 10.5. The monoisotopic (exact) mass is 454 g/mol. The Kier molecular flexibility index (Phi) is 5.05. The Morgan fingerprint density at radius 3 is 2.50 bits per heavy atom. The largest absolute Gasteiger partial charge is 0.458 e. The Morgan fingerprint density at radius 1 is 1.12 bits per heavy atom. The third kappa shape index (κ3) is 3.01. The molecule has 0 heterocycles. The molecule has 0 amide bonds. The fraction of sp³-hybridized carbons (Fsp3) is 0.367. The SMILES string of the molecule is C=C1C(=C)[C@@]2(C)C(=CC1=O)C=C[C@@H]1[C@@H]2C(OC(=O)c2ccccc2)C[C@]2(C)C(C(C)=O)=CC[C@@H]12. The van der Waals surface area contributed by atoms with E-state index in [1.165, 1.54) is 0 Å². The van der Waals surface area contributed by atoms with Crippen LogP contribution in [0.4, 0.5) is 0 Å². The number of benzene rings is 1. The Balaban J connectivity index is 1.64. The van der Waals surface area contributed by atoms with E-state index in [1.807, 2.05) is 24.3 Å². The molecule has 4 aliphatic rings. The molecule has 4 aliphatic carbocycles. The summed E-state index contributed by atoms with van der Waals surface area (Å²) in [5, 5.41) is 0. The van der Waals surface area contributed by atoms with Gasteiger partial charge in [-0.15, -0.1) is 0 Å². The Hall–Kier alpha value is -3.27. The molecule has 0 bridgehead atoms. The van der Waals surface area contributed by atoms with Gasteiger partial charge in [0.15, 0.2) is 11.6 Å². The fourth-order valence-corrected chi connectivity index (χ4v) is 7.12. The molecule has 0 aromatic heterocycles. The average Bonchev–Trinajstić information content (AvgIpc) is 3.16. The lowest BCUT2D eigenvalue weighted by molar-refractivity contribution is -0.118. The second-order valence-corrected chi connectivity index (χ2v) is 10.5. The summed E-state index contributed by atoms with van der Waals surface area (Å²) in [6.07, 6.45) is 8.81. The van der Waals surface area contributed by atoms with Crippen LogP contribution in [0.3, 0.4) is 0 Å². The van der Waals surface area contributed by atoms with Crippen LogP contribution in [0.2, 0.25) is 0 Å². The van der Waals surface area contributed by atoms with E-state index in [1.54, 1.807) is 25.1 Å². The molecular weight excluding hydrogens is 424 g/mol. The molecule has 4 heteroatoms. The molecule has 5 rings (SSSR count). The van der Waals surface area contributed by atoms with Gasteiger partial charge in [-0.05, 0) is 66.5 Å². The molecule has 0 aliphatic heterocycles. The number of rotatable bonds is 3. The van der Waals surface area contributed by atoms with Crippen LogP contribution in [0, 0.1) is 28.6 Å². The number of ketones is 2. The first kappa shape index (κ1) is 22.5. The van der Waals surface area contributed by atoms with E-state index in [-0.39, 0.29) is 40.7 Å². The summed E-state index contributed by atoms with van der Waals surface area (Å²) in [4.78, 5) is 38.4. The highest BCUT2D eigenvalue weighted by Crippen LogP contribution is 2.65. The maximum absolute atomic E-state index is 13.2. The van der Waals surface area contributed by atoms with Gasteiger partial charge in [0.1, 0.15) is 6.10 Å². The van der Waals surface area contributed by atoms with Crippen LogP contribution < -0.4 is 0 Å². The predicted octanol–water partition coefficient (Wildman–Crippen LogP) is 5.59. The van der Waals surface area contributed by atoms with Crippen molar-refractivity contribution in [3.8, 4) is 0 Å². The Morgan fingerprint density at radius 2 is 1.82 bits per heavy atom. The molecule has 0 radical (unpaired) electrons. The number of esters is 1. The lowest BCUT2D eigenvalue weighted by atomic mass is 9.46. The van der Waals surface area contributed by atoms with Crippen LogP contribution in [0.5, 0.6) is 0 Å². The van der Waals surface area contributed by atoms with E-state index < -0.39 is 11.5 Å². The zero-order chi connectivity index (χ0) is 24.4. The van der Waals surface area contributed by atoms with Gasteiger partial charge in [-0.1, -0.05) is 63.4 Å². The summed E-state index contributed by atoms with van der Waals surface area (Å²) < 4.78 is 6.28. The molecule has 0 saturated heterocycles. The maximum Gasteiger partial charge on any atom is 0.338 e. The van der Waals surface area contributed by atoms with Crippen molar-refractivity contribution in [1.29, 1.82) is 0 Å². The first-order valence-corrected chi connectivity index (χ1v) is 11.9. The van der Waals surface area contributed by atoms with Crippen molar-refractivity contribution < 1.29 is 19.1 Å². The quantitative estimate of drug-likeness (QED) is 0.441. The standard InChI is InChI=1S/C30H30O4/c1-17-18(2)30(5)21(15-25(17)32)11-12-22-24-14-13-23(19(3)31)29(24,4)16-26(27(22)30)34-28(33)20-9-7-6-8-10-20/h6-13,15,22,24,26-27H,1-2,14,16H2,3-5H3/t22-,24-,26?,27+,29+,30-/m0/s1. The molecule has 174 valence electrons. The van der Waals surface area contributed by atoms with E-state index in [0.717, 1.165) is 17.6 Å². The first-order valence-electron chi connectivity index (χ1n) is 11.9. The van der Waals surface area contributed by atoms with E-state index in [2.05, 4.69) is 39.2 Å². The summed E-state index contributed by atoms with van der Waals surface area (Å²) in [6.45, 7) is 14.2. The molecule has 0 spiro atoms. The van der Waals surface area contributed by atoms with E-state index >= 15 is 0 Å². The van der Waals surface area contributed by atoms with Crippen molar-refractivity contribution in [2.75, 3.05) is 0 Å². The fourth-order valence-electron chi connectivity index (χ4n) is 7.12. The van der Waals surface area contributed by atoms with Gasteiger partial charge in [0.2, 0.25) is 0 Å². The number of hydrogen-bond acceptors (Lipinski definition) is 4. The number of carbonyl (C=O) groups excluding carboxylic acids is 3. The summed E-state index contributed by atoms with van der Waals surface area (Å²) in [7, 11) is 0. The molecule has 6 atom stereocenters. The lowest BCUT2D eigenvalue weighted by Gasteiger charge is -2.58. The minimum Gasteiger partial charge on any atom is -0.458 e. The summed E-state index contributed by atoms with van der Waals surface area (Å²) in [5.41, 5.74) is 2.34. The van der Waals surface area contributed by atoms with Crippen LogP contribution >= 0.6 is 0 Å². The van der Waals surface area contributed by atoms with Gasteiger partial charge < -0.3 is 4.74 Å². The Bertz CT molecular complexity index is 1230. The minimum atomic E-state index is -0.591. The number of Topliss-reactive ketones (excluding diaryl/α,β-unsaturated/α-hetero) is 1. The Labute approximate surface area is 200 Å². The highest BCUT2D eigenvalue weighted by Gasteiger charge is 2.62. The van der Waals surface area contributed by atoms with Gasteiger partial charge in [0, 0.05) is 22.3 Å². The smallest absolute Gasteiger partial charge is 0.338 e. The van der Waals surface area contributed by atoms with Crippen molar-refractivity contribution >= 4 is 17.5 Å². The van der Waals surface area contributed by atoms with Gasteiger partial charge in [0.05, 0.1) is 5.56 Å². The van der Waals surface area contributed by atoms with E-state index in [4.69, 9.17) is 4.74 Å². The average molecular weight is 455 g/mol. The first-order chi connectivity index (χ1) is 16.1. The summed E-state index contributed by atoms with van der Waals surface area (Å²) >= 11 is 0. The normalized spacial score (nSPS) is 36.1. The molecule has 34 heavy (non-hydrogen) atoms. The molecule has 1 unspecified atom stereocenters. The number of carbonyl (C=O) groups is 3. The lowest BCUT2D eigenvalue weighted by Crippen LogP contribution is -2.56. The number of allylic oxidation sites excluding steroid dienone is 8. The molecule has 1 aromatic rings. The predicted molar refractivity (Wildman–Crippen MR) is 131 cm³/mol. The van der Waals surface area contributed by atoms with Gasteiger partial charge in [0.25, 0.3) is 0 Å². The maximum atomic E-state index is 13.2. The van der Waals surface area contributed by atoms with Crippen molar-refractivity contribution in [1.82, 2.24) is 0 Å².